The highest BCUT2D eigenvalue weighted by molar-refractivity contribution is 14.1. The van der Waals surface area contributed by atoms with Gasteiger partial charge in [-0.1, -0.05) is 25.4 Å². The van der Waals surface area contributed by atoms with Crippen LogP contribution in [0.1, 0.15) is 34.6 Å². The van der Waals surface area contributed by atoms with Crippen molar-refractivity contribution in [2.45, 2.75) is 40.2 Å². The van der Waals surface area contributed by atoms with Crippen molar-refractivity contribution >= 4 is 46.0 Å². The molecule has 1 unspecified atom stereocenters. The van der Waals surface area contributed by atoms with Gasteiger partial charge in [0.15, 0.2) is 0 Å². The SMILES string of the molecule is CC(C)C(CNC(=O)OC(C)(C)C)CNc1ccc(I)cc1Cl. The van der Waals surface area contributed by atoms with E-state index in [1.165, 1.54) is 0 Å². The Morgan fingerprint density at radius 3 is 2.48 bits per heavy atom. The second-order valence-corrected chi connectivity index (χ2v) is 8.54. The van der Waals surface area contributed by atoms with E-state index in [0.717, 1.165) is 15.8 Å². The fourth-order valence-electron chi connectivity index (χ4n) is 1.95. The Labute approximate surface area is 157 Å². The number of carbonyl (C=O) groups is 1. The van der Waals surface area contributed by atoms with Gasteiger partial charge in [0.25, 0.3) is 0 Å². The van der Waals surface area contributed by atoms with Gasteiger partial charge in [-0.2, -0.15) is 0 Å². The minimum Gasteiger partial charge on any atom is -0.444 e. The van der Waals surface area contributed by atoms with E-state index in [1.807, 2.05) is 39.0 Å². The Morgan fingerprint density at radius 2 is 1.96 bits per heavy atom. The normalized spacial score (nSPS) is 12.9. The summed E-state index contributed by atoms with van der Waals surface area (Å²) in [6.07, 6.45) is -0.379. The molecule has 0 heterocycles. The number of hydrogen-bond acceptors (Lipinski definition) is 3. The zero-order valence-electron chi connectivity index (χ0n) is 14.4. The first kappa shape index (κ1) is 20.4. The Hall–Kier alpha value is -0.690. The number of carbonyl (C=O) groups excluding carboxylic acids is 1. The Kier molecular flexibility index (Phi) is 7.94. The van der Waals surface area contributed by atoms with Crippen LogP contribution in [0.15, 0.2) is 18.2 Å². The van der Waals surface area contributed by atoms with Crippen molar-refractivity contribution < 1.29 is 9.53 Å². The van der Waals surface area contributed by atoms with Crippen LogP contribution in [0.5, 0.6) is 0 Å². The third-order valence-corrected chi connectivity index (χ3v) is 4.32. The molecule has 0 saturated carbocycles. The molecule has 1 rings (SSSR count). The molecule has 0 aromatic heterocycles. The number of hydrogen-bond donors (Lipinski definition) is 2. The number of benzene rings is 1. The van der Waals surface area contributed by atoms with Crippen molar-refractivity contribution in [3.05, 3.63) is 26.8 Å². The van der Waals surface area contributed by atoms with Crippen LogP contribution in [0.3, 0.4) is 0 Å². The molecule has 1 aromatic rings. The lowest BCUT2D eigenvalue weighted by Crippen LogP contribution is -2.38. The molecule has 130 valence electrons. The number of nitrogens with one attached hydrogen (secondary N) is 2. The van der Waals surface area contributed by atoms with E-state index in [9.17, 15) is 4.79 Å². The molecule has 0 aliphatic rings. The summed E-state index contributed by atoms with van der Waals surface area (Å²) in [6.45, 7) is 11.1. The van der Waals surface area contributed by atoms with Crippen molar-refractivity contribution in [1.82, 2.24) is 5.32 Å². The summed E-state index contributed by atoms with van der Waals surface area (Å²) in [4.78, 5) is 11.8. The number of anilines is 1. The molecule has 1 aromatic carbocycles. The highest BCUT2D eigenvalue weighted by atomic mass is 127. The zero-order chi connectivity index (χ0) is 17.6. The van der Waals surface area contributed by atoms with Crippen LogP contribution in [-0.2, 0) is 4.74 Å². The molecular formula is C17H26ClIN2O2. The average molecular weight is 453 g/mol. The highest BCUT2D eigenvalue weighted by Gasteiger charge is 2.19. The van der Waals surface area contributed by atoms with Gasteiger partial charge in [-0.3, -0.25) is 0 Å². The molecule has 0 aliphatic heterocycles. The van der Waals surface area contributed by atoms with Crippen LogP contribution in [0, 0.1) is 15.4 Å². The number of alkyl carbamates (subject to hydrolysis) is 1. The number of amides is 1. The fourth-order valence-corrected chi connectivity index (χ4v) is 2.87. The molecule has 0 aliphatic carbocycles. The van der Waals surface area contributed by atoms with E-state index in [2.05, 4.69) is 47.1 Å². The van der Waals surface area contributed by atoms with Gasteiger partial charge >= 0.3 is 6.09 Å². The van der Waals surface area contributed by atoms with Crippen LogP contribution in [0.4, 0.5) is 10.5 Å². The van der Waals surface area contributed by atoms with E-state index < -0.39 is 5.60 Å². The zero-order valence-corrected chi connectivity index (χ0v) is 17.3. The van der Waals surface area contributed by atoms with Crippen LogP contribution < -0.4 is 10.6 Å². The van der Waals surface area contributed by atoms with E-state index >= 15 is 0 Å². The van der Waals surface area contributed by atoms with Gasteiger partial charge in [0.1, 0.15) is 5.60 Å². The van der Waals surface area contributed by atoms with E-state index in [-0.39, 0.29) is 12.0 Å². The van der Waals surface area contributed by atoms with E-state index in [4.69, 9.17) is 16.3 Å². The minimum absolute atomic E-state index is 0.276. The first-order chi connectivity index (χ1) is 10.6. The molecule has 0 fully saturated rings. The van der Waals surface area contributed by atoms with Gasteiger partial charge in [-0.05, 0) is 73.4 Å². The van der Waals surface area contributed by atoms with Gasteiger partial charge < -0.3 is 15.4 Å². The van der Waals surface area contributed by atoms with Gasteiger partial charge in [-0.25, -0.2) is 4.79 Å². The van der Waals surface area contributed by atoms with Crippen molar-refractivity contribution in [3.63, 3.8) is 0 Å². The molecular weight excluding hydrogens is 427 g/mol. The Bertz CT molecular complexity index is 530. The summed E-state index contributed by atoms with van der Waals surface area (Å²) in [7, 11) is 0. The monoisotopic (exact) mass is 452 g/mol. The summed E-state index contributed by atoms with van der Waals surface area (Å²) in [6, 6.07) is 5.91. The van der Waals surface area contributed by atoms with Gasteiger partial charge in [0.2, 0.25) is 0 Å². The predicted octanol–water partition coefficient (Wildman–Crippen LogP) is 5.15. The lowest BCUT2D eigenvalue weighted by molar-refractivity contribution is 0.0516. The molecule has 2 N–H and O–H groups in total. The topological polar surface area (TPSA) is 50.4 Å². The molecule has 1 amide bonds. The lowest BCUT2D eigenvalue weighted by Gasteiger charge is -2.24. The van der Waals surface area contributed by atoms with Crippen molar-refractivity contribution in [3.8, 4) is 0 Å². The molecule has 0 bridgehead atoms. The second-order valence-electron chi connectivity index (χ2n) is 6.89. The molecule has 23 heavy (non-hydrogen) atoms. The van der Waals surface area contributed by atoms with E-state index in [0.29, 0.717) is 17.5 Å². The largest absolute Gasteiger partial charge is 0.444 e. The van der Waals surface area contributed by atoms with E-state index in [1.54, 1.807) is 0 Å². The summed E-state index contributed by atoms with van der Waals surface area (Å²) in [5.41, 5.74) is 0.430. The first-order valence-corrected chi connectivity index (χ1v) is 9.20. The van der Waals surface area contributed by atoms with Crippen LogP contribution in [-0.4, -0.2) is 24.8 Å². The Morgan fingerprint density at radius 1 is 1.30 bits per heavy atom. The summed E-state index contributed by atoms with van der Waals surface area (Å²) in [5.74, 6) is 0.693. The van der Waals surface area contributed by atoms with Gasteiger partial charge in [0, 0.05) is 16.7 Å². The molecule has 0 radical (unpaired) electrons. The van der Waals surface area contributed by atoms with Crippen LogP contribution in [0.25, 0.3) is 0 Å². The Balaban J connectivity index is 2.54. The quantitative estimate of drug-likeness (QED) is 0.587. The first-order valence-electron chi connectivity index (χ1n) is 7.74. The standard InChI is InChI=1S/C17H26ClIN2O2/c1-11(2)12(10-21-16(22)23-17(3,4)5)9-20-15-7-6-13(19)8-14(15)18/h6-8,11-12,20H,9-10H2,1-5H3,(H,21,22). The summed E-state index contributed by atoms with van der Waals surface area (Å²) >= 11 is 8.47. The van der Waals surface area contributed by atoms with Crippen LogP contribution in [0.2, 0.25) is 5.02 Å². The van der Waals surface area contributed by atoms with Crippen molar-refractivity contribution in [1.29, 1.82) is 0 Å². The highest BCUT2D eigenvalue weighted by Crippen LogP contribution is 2.24. The molecule has 0 spiro atoms. The third kappa shape index (κ3) is 8.11. The summed E-state index contributed by atoms with van der Waals surface area (Å²) in [5, 5.41) is 6.92. The molecule has 4 nitrogen and oxygen atoms in total. The second kappa shape index (κ2) is 8.97. The average Bonchev–Trinajstić information content (AvgIpc) is 2.38. The van der Waals surface area contributed by atoms with Crippen molar-refractivity contribution in [2.75, 3.05) is 18.4 Å². The number of rotatable bonds is 6. The summed E-state index contributed by atoms with van der Waals surface area (Å²) < 4.78 is 6.37. The number of ether oxygens (including phenoxy) is 1. The lowest BCUT2D eigenvalue weighted by atomic mass is 9.95. The number of halogens is 2. The maximum atomic E-state index is 11.8. The predicted molar refractivity (Wildman–Crippen MR) is 105 cm³/mol. The minimum atomic E-state index is -0.482. The van der Waals surface area contributed by atoms with Gasteiger partial charge in [-0.15, -0.1) is 0 Å². The van der Waals surface area contributed by atoms with Gasteiger partial charge in [0.05, 0.1) is 10.7 Å². The smallest absolute Gasteiger partial charge is 0.407 e. The molecule has 1 atom stereocenters. The third-order valence-electron chi connectivity index (χ3n) is 3.34. The van der Waals surface area contributed by atoms with Crippen molar-refractivity contribution in [2.24, 2.45) is 11.8 Å². The fraction of sp³-hybridized carbons (Fsp3) is 0.588. The maximum Gasteiger partial charge on any atom is 0.407 e. The maximum absolute atomic E-state index is 11.8. The van der Waals surface area contributed by atoms with Crippen LogP contribution >= 0.6 is 34.2 Å². The molecule has 0 saturated heterocycles. The molecule has 6 heteroatoms.